The molecular formula is C34H21NO2Se. The Hall–Kier alpha value is -4.50. The SMILES string of the molecule is O=C1C(=Cc2ccc(N(c3ccccc3)c3c4ccccc4cc4ccccc34)[se]2)C(=O)c2ccccc21. The topological polar surface area (TPSA) is 37.4 Å². The minimum atomic E-state index is -0.185. The number of allylic oxidation sites excluding steroid dienone is 1. The Morgan fingerprint density at radius 3 is 1.76 bits per heavy atom. The summed E-state index contributed by atoms with van der Waals surface area (Å²) < 4.78 is 2.15. The fourth-order valence-corrected chi connectivity index (χ4v) is 7.31. The van der Waals surface area contributed by atoms with Gasteiger partial charge in [0.2, 0.25) is 0 Å². The number of hydrogen-bond acceptors (Lipinski definition) is 3. The van der Waals surface area contributed by atoms with E-state index in [1.54, 1.807) is 30.3 Å². The van der Waals surface area contributed by atoms with Crippen molar-refractivity contribution in [2.24, 2.45) is 0 Å². The number of fused-ring (bicyclic) bond motifs is 3. The summed E-state index contributed by atoms with van der Waals surface area (Å²) in [5.41, 5.74) is 3.47. The van der Waals surface area contributed by atoms with Crippen molar-refractivity contribution in [2.75, 3.05) is 4.90 Å². The summed E-state index contributed by atoms with van der Waals surface area (Å²) in [5, 5.41) is 4.72. The van der Waals surface area contributed by atoms with Crippen LogP contribution in [0.5, 0.6) is 0 Å². The van der Waals surface area contributed by atoms with Gasteiger partial charge in [0.1, 0.15) is 0 Å². The van der Waals surface area contributed by atoms with Crippen molar-refractivity contribution in [3.05, 3.63) is 142 Å². The first kappa shape index (κ1) is 22.7. The molecule has 1 aliphatic rings. The van der Waals surface area contributed by atoms with E-state index in [1.165, 1.54) is 21.5 Å². The summed E-state index contributed by atoms with van der Waals surface area (Å²) in [7, 11) is 0. The van der Waals surface area contributed by atoms with Crippen LogP contribution in [0.2, 0.25) is 0 Å². The van der Waals surface area contributed by atoms with Crippen LogP contribution in [-0.2, 0) is 0 Å². The van der Waals surface area contributed by atoms with E-state index in [0.29, 0.717) is 11.1 Å². The Bertz CT molecular complexity index is 1830. The number of Topliss-reactive ketones (excluding diaryl/α,β-unsaturated/α-hetero) is 2. The van der Waals surface area contributed by atoms with Crippen molar-refractivity contribution in [3.63, 3.8) is 0 Å². The Labute approximate surface area is 226 Å². The standard InChI is InChI=1S/C34H21NO2Se/c36-33-28-16-8-9-17-29(28)34(37)30(33)21-25-18-19-31(38-25)35(24-12-2-1-3-13-24)32-26-14-6-4-10-22(26)20-23-11-5-7-15-27(23)32/h1-21H. The molecule has 1 heterocycles. The number of rotatable bonds is 4. The molecule has 0 spiro atoms. The van der Waals surface area contributed by atoms with Gasteiger partial charge >= 0.3 is 227 Å². The molecule has 0 bridgehead atoms. The van der Waals surface area contributed by atoms with E-state index in [1.807, 2.05) is 6.07 Å². The van der Waals surface area contributed by atoms with Gasteiger partial charge in [0.15, 0.2) is 0 Å². The van der Waals surface area contributed by atoms with Gasteiger partial charge in [0, 0.05) is 0 Å². The summed E-state index contributed by atoms with van der Waals surface area (Å²) in [4.78, 5) is 28.4. The molecule has 3 nitrogen and oxygen atoms in total. The first-order valence-corrected chi connectivity index (χ1v) is 14.2. The zero-order valence-electron chi connectivity index (χ0n) is 20.3. The van der Waals surface area contributed by atoms with Crippen LogP contribution in [0.3, 0.4) is 0 Å². The molecule has 0 radical (unpaired) electrons. The molecule has 1 aliphatic carbocycles. The third kappa shape index (κ3) is 3.66. The predicted molar refractivity (Wildman–Crippen MR) is 156 cm³/mol. The van der Waals surface area contributed by atoms with E-state index in [0.717, 1.165) is 20.4 Å². The fraction of sp³-hybridized carbons (Fsp3) is 0. The van der Waals surface area contributed by atoms with Gasteiger partial charge < -0.3 is 0 Å². The molecule has 0 N–H and O–H groups in total. The molecule has 5 aromatic carbocycles. The zero-order valence-corrected chi connectivity index (χ0v) is 22.0. The van der Waals surface area contributed by atoms with E-state index in [-0.39, 0.29) is 31.6 Å². The number of anilines is 3. The summed E-state index contributed by atoms with van der Waals surface area (Å²) in [6, 6.07) is 40.9. The third-order valence-electron chi connectivity index (χ3n) is 7.01. The second-order valence-corrected chi connectivity index (χ2v) is 11.6. The van der Waals surface area contributed by atoms with Crippen LogP contribution in [-0.4, -0.2) is 26.1 Å². The first-order valence-electron chi connectivity index (χ1n) is 12.4. The van der Waals surface area contributed by atoms with Crippen LogP contribution >= 0.6 is 0 Å². The van der Waals surface area contributed by atoms with Gasteiger partial charge in [0.05, 0.1) is 0 Å². The van der Waals surface area contributed by atoms with Gasteiger partial charge in [0.25, 0.3) is 0 Å². The van der Waals surface area contributed by atoms with Crippen molar-refractivity contribution >= 4 is 69.6 Å². The Balaban J connectivity index is 1.42. The van der Waals surface area contributed by atoms with Crippen molar-refractivity contribution < 1.29 is 9.59 Å². The molecule has 0 saturated heterocycles. The average molecular weight is 555 g/mol. The first-order chi connectivity index (χ1) is 18.7. The summed E-state index contributed by atoms with van der Waals surface area (Å²) in [6.45, 7) is 0. The van der Waals surface area contributed by atoms with Gasteiger partial charge in [-0.1, -0.05) is 0 Å². The number of hydrogen-bond donors (Lipinski definition) is 0. The van der Waals surface area contributed by atoms with Gasteiger partial charge in [-0.2, -0.15) is 0 Å². The monoisotopic (exact) mass is 555 g/mol. The second kappa shape index (κ2) is 9.11. The number of benzene rings is 5. The predicted octanol–water partition coefficient (Wildman–Crippen LogP) is 7.98. The Morgan fingerprint density at radius 1 is 0.579 bits per heavy atom. The van der Waals surface area contributed by atoms with Gasteiger partial charge in [-0.05, 0) is 0 Å². The van der Waals surface area contributed by atoms with Crippen LogP contribution in [0.25, 0.3) is 27.6 Å². The molecule has 0 saturated carbocycles. The molecule has 6 aromatic rings. The van der Waals surface area contributed by atoms with Crippen molar-refractivity contribution in [2.45, 2.75) is 0 Å². The van der Waals surface area contributed by atoms with E-state index in [2.05, 4.69) is 95.9 Å². The fourth-order valence-electron chi connectivity index (χ4n) is 5.26. The molecule has 1 aromatic heterocycles. The Morgan fingerprint density at radius 2 is 1.13 bits per heavy atom. The summed E-state index contributed by atoms with van der Waals surface area (Å²) >= 11 is -0.115. The van der Waals surface area contributed by atoms with Crippen LogP contribution in [0.15, 0.2) is 127 Å². The number of nitrogens with zero attached hydrogens (tertiary/aromatic N) is 1. The summed E-state index contributed by atoms with van der Waals surface area (Å²) in [5.74, 6) is -0.369. The van der Waals surface area contributed by atoms with E-state index >= 15 is 0 Å². The number of carbonyl (C=O) groups excluding carboxylic acids is 2. The number of ketones is 2. The quantitative estimate of drug-likeness (QED) is 0.0960. The molecular weight excluding hydrogens is 533 g/mol. The number of carbonyl (C=O) groups is 2. The number of para-hydroxylation sites is 1. The molecule has 0 unspecified atom stereocenters. The molecule has 38 heavy (non-hydrogen) atoms. The molecule has 4 heteroatoms. The Kier molecular flexibility index (Phi) is 5.44. The van der Waals surface area contributed by atoms with E-state index in [9.17, 15) is 9.59 Å². The normalized spacial score (nSPS) is 12.8. The van der Waals surface area contributed by atoms with Crippen molar-refractivity contribution in [1.29, 1.82) is 0 Å². The van der Waals surface area contributed by atoms with Crippen LogP contribution in [0.4, 0.5) is 15.9 Å². The second-order valence-electron chi connectivity index (χ2n) is 9.28. The van der Waals surface area contributed by atoms with Gasteiger partial charge in [-0.25, -0.2) is 0 Å². The van der Waals surface area contributed by atoms with E-state index < -0.39 is 0 Å². The van der Waals surface area contributed by atoms with Gasteiger partial charge in [-0.3, -0.25) is 0 Å². The molecule has 7 rings (SSSR count). The van der Waals surface area contributed by atoms with Crippen molar-refractivity contribution in [3.8, 4) is 0 Å². The molecule has 0 amide bonds. The molecule has 0 fully saturated rings. The van der Waals surface area contributed by atoms with Crippen molar-refractivity contribution in [1.82, 2.24) is 0 Å². The van der Waals surface area contributed by atoms with Crippen LogP contribution in [0, 0.1) is 0 Å². The maximum absolute atomic E-state index is 13.0. The average Bonchev–Trinajstić information content (AvgIpc) is 3.52. The van der Waals surface area contributed by atoms with E-state index in [4.69, 9.17) is 0 Å². The molecule has 180 valence electrons. The van der Waals surface area contributed by atoms with Gasteiger partial charge in [-0.15, -0.1) is 0 Å². The minimum absolute atomic E-state index is 0.115. The van der Waals surface area contributed by atoms with Crippen LogP contribution in [0.1, 0.15) is 25.2 Å². The van der Waals surface area contributed by atoms with Crippen LogP contribution < -0.4 is 4.90 Å². The zero-order chi connectivity index (χ0) is 25.6. The third-order valence-corrected chi connectivity index (χ3v) is 9.14. The maximum atomic E-state index is 13.0. The molecule has 0 aliphatic heterocycles. The summed E-state index contributed by atoms with van der Waals surface area (Å²) in [6.07, 6.45) is 1.80. The molecule has 0 atom stereocenters.